The summed E-state index contributed by atoms with van der Waals surface area (Å²) in [4.78, 5) is 11.7. The van der Waals surface area contributed by atoms with E-state index in [0.717, 1.165) is 0 Å². The van der Waals surface area contributed by atoms with Crippen LogP contribution in [0.15, 0.2) is 23.9 Å². The molecule has 0 spiro atoms. The van der Waals surface area contributed by atoms with Gasteiger partial charge in [-0.15, -0.1) is 6.58 Å². The van der Waals surface area contributed by atoms with Gasteiger partial charge in [0.1, 0.15) is 6.61 Å². The highest BCUT2D eigenvalue weighted by atomic mass is 32.1. The quantitative estimate of drug-likeness (QED) is 0.251. The van der Waals surface area contributed by atoms with Gasteiger partial charge in [0, 0.05) is 5.70 Å². The molecule has 6 heteroatoms. The third kappa shape index (κ3) is 5.55. The van der Waals surface area contributed by atoms with Gasteiger partial charge in [0.15, 0.2) is 11.7 Å². The van der Waals surface area contributed by atoms with Crippen molar-refractivity contribution in [2.75, 3.05) is 26.4 Å². The predicted molar refractivity (Wildman–Crippen MR) is 76.2 cm³/mol. The van der Waals surface area contributed by atoms with Crippen molar-refractivity contribution in [3.8, 4) is 11.8 Å². The number of ether oxygens (including phenoxy) is 2. The van der Waals surface area contributed by atoms with E-state index in [2.05, 4.69) is 29.1 Å². The largest absolute Gasteiger partial charge is 0.449 e. The van der Waals surface area contributed by atoms with Crippen molar-refractivity contribution >= 4 is 23.3 Å². The summed E-state index contributed by atoms with van der Waals surface area (Å²) >= 11 is 4.93. The molecule has 5 nitrogen and oxygen atoms in total. The molecule has 19 heavy (non-hydrogen) atoms. The number of carbonyl (C=O) groups excluding carboxylic acids is 1. The second-order valence-electron chi connectivity index (χ2n) is 3.64. The van der Waals surface area contributed by atoms with Crippen LogP contribution >= 0.6 is 12.2 Å². The molecule has 102 valence electrons. The molecule has 2 N–H and O–H groups in total. The molecular formula is C13H16N2O3S. The van der Waals surface area contributed by atoms with Crippen LogP contribution in [0.3, 0.4) is 0 Å². The lowest BCUT2D eigenvalue weighted by Gasteiger charge is -2.20. The van der Waals surface area contributed by atoms with Crippen LogP contribution in [0.5, 0.6) is 0 Å². The SMILES string of the molecule is C=CCOCC#CCOC(=O)C1=C(C)NC(=S)NC1. The average Bonchev–Trinajstić information content (AvgIpc) is 2.37. The van der Waals surface area contributed by atoms with Crippen molar-refractivity contribution in [1.82, 2.24) is 10.6 Å². The first-order valence-electron chi connectivity index (χ1n) is 5.71. The summed E-state index contributed by atoms with van der Waals surface area (Å²) in [6.07, 6.45) is 1.64. The molecule has 0 saturated heterocycles. The minimum absolute atomic E-state index is 0.0392. The second kappa shape index (κ2) is 8.29. The molecule has 0 bridgehead atoms. The third-order valence-electron chi connectivity index (χ3n) is 2.24. The number of allylic oxidation sites excluding steroid dienone is 1. The van der Waals surface area contributed by atoms with E-state index in [1.807, 2.05) is 0 Å². The fraction of sp³-hybridized carbons (Fsp3) is 0.385. The standard InChI is InChI=1S/C13H16N2O3S/c1-3-6-17-7-4-5-8-18-12(16)11-9-14-13(19)15-10(11)2/h3H,1,6-9H2,2H3,(H2,14,15,19). The van der Waals surface area contributed by atoms with Gasteiger partial charge in [-0.2, -0.15) is 0 Å². The van der Waals surface area contributed by atoms with E-state index in [-0.39, 0.29) is 6.61 Å². The molecule has 0 atom stereocenters. The van der Waals surface area contributed by atoms with Crippen molar-refractivity contribution in [1.29, 1.82) is 0 Å². The number of thiocarbonyl (C=S) groups is 1. The molecule has 1 heterocycles. The van der Waals surface area contributed by atoms with Gasteiger partial charge in [0.05, 0.1) is 18.7 Å². The lowest BCUT2D eigenvalue weighted by atomic mass is 10.2. The van der Waals surface area contributed by atoms with E-state index in [1.54, 1.807) is 13.0 Å². The lowest BCUT2D eigenvalue weighted by Crippen LogP contribution is -2.42. The van der Waals surface area contributed by atoms with Crippen LogP contribution in [0.1, 0.15) is 6.92 Å². The summed E-state index contributed by atoms with van der Waals surface area (Å²) in [6, 6.07) is 0. The van der Waals surface area contributed by atoms with Crippen LogP contribution < -0.4 is 10.6 Å². The number of hydrogen-bond acceptors (Lipinski definition) is 4. The second-order valence-corrected chi connectivity index (χ2v) is 4.05. The van der Waals surface area contributed by atoms with Crippen LogP contribution in [0, 0.1) is 11.8 Å². The summed E-state index contributed by atoms with van der Waals surface area (Å²) < 4.78 is 10.1. The van der Waals surface area contributed by atoms with E-state index in [9.17, 15) is 4.79 Å². The maximum atomic E-state index is 11.7. The fourth-order valence-electron chi connectivity index (χ4n) is 1.30. The molecule has 1 aliphatic heterocycles. The zero-order valence-corrected chi connectivity index (χ0v) is 11.6. The van der Waals surface area contributed by atoms with Crippen LogP contribution in [0.4, 0.5) is 0 Å². The summed E-state index contributed by atoms with van der Waals surface area (Å²) in [7, 11) is 0. The van der Waals surface area contributed by atoms with Crippen molar-refractivity contribution in [2.24, 2.45) is 0 Å². The van der Waals surface area contributed by atoms with Gasteiger partial charge in [-0.05, 0) is 19.1 Å². The highest BCUT2D eigenvalue weighted by molar-refractivity contribution is 7.80. The Morgan fingerprint density at radius 2 is 2.26 bits per heavy atom. The van der Waals surface area contributed by atoms with Gasteiger partial charge in [-0.3, -0.25) is 0 Å². The Kier molecular flexibility index (Phi) is 6.64. The van der Waals surface area contributed by atoms with E-state index < -0.39 is 5.97 Å². The molecule has 0 aliphatic carbocycles. The number of hydrogen-bond donors (Lipinski definition) is 2. The van der Waals surface area contributed by atoms with Gasteiger partial charge in [-0.1, -0.05) is 17.9 Å². The zero-order valence-electron chi connectivity index (χ0n) is 10.7. The Morgan fingerprint density at radius 3 is 2.95 bits per heavy atom. The molecule has 0 aromatic carbocycles. The van der Waals surface area contributed by atoms with Crippen molar-refractivity contribution in [3.63, 3.8) is 0 Å². The van der Waals surface area contributed by atoms with Gasteiger partial charge >= 0.3 is 5.97 Å². The first-order valence-corrected chi connectivity index (χ1v) is 6.12. The summed E-state index contributed by atoms with van der Waals surface area (Å²) in [6.45, 7) is 6.45. The first-order chi connectivity index (χ1) is 9.15. The van der Waals surface area contributed by atoms with E-state index >= 15 is 0 Å². The summed E-state index contributed by atoms with van der Waals surface area (Å²) in [5, 5.41) is 6.24. The van der Waals surface area contributed by atoms with E-state index in [0.29, 0.717) is 36.1 Å². The molecule has 0 unspecified atom stereocenters. The summed E-state index contributed by atoms with van der Waals surface area (Å²) in [5.41, 5.74) is 1.23. The first kappa shape index (κ1) is 15.2. The monoisotopic (exact) mass is 280 g/mol. The molecule has 0 aromatic heterocycles. The Labute approximate surface area is 118 Å². The van der Waals surface area contributed by atoms with Crippen molar-refractivity contribution in [2.45, 2.75) is 6.92 Å². The van der Waals surface area contributed by atoms with Gasteiger partial charge in [0.2, 0.25) is 0 Å². The molecular weight excluding hydrogens is 264 g/mol. The maximum absolute atomic E-state index is 11.7. The molecule has 1 rings (SSSR count). The zero-order chi connectivity index (χ0) is 14.1. The van der Waals surface area contributed by atoms with Crippen LogP contribution in [-0.4, -0.2) is 37.4 Å². The highest BCUT2D eigenvalue weighted by Gasteiger charge is 2.19. The van der Waals surface area contributed by atoms with Gasteiger partial charge < -0.3 is 20.1 Å². The minimum atomic E-state index is -0.402. The molecule has 0 radical (unpaired) electrons. The Bertz CT molecular complexity index is 460. The topological polar surface area (TPSA) is 59.6 Å². The molecule has 1 aliphatic rings. The Morgan fingerprint density at radius 1 is 1.53 bits per heavy atom. The summed E-state index contributed by atoms with van der Waals surface area (Å²) in [5.74, 6) is 5.03. The van der Waals surface area contributed by atoms with E-state index in [4.69, 9.17) is 21.7 Å². The van der Waals surface area contributed by atoms with Gasteiger partial charge in [0.25, 0.3) is 0 Å². The van der Waals surface area contributed by atoms with Crippen LogP contribution in [-0.2, 0) is 14.3 Å². The lowest BCUT2D eigenvalue weighted by molar-refractivity contribution is -0.137. The van der Waals surface area contributed by atoms with E-state index in [1.165, 1.54) is 0 Å². The number of rotatable bonds is 5. The smallest absolute Gasteiger partial charge is 0.338 e. The normalized spacial score (nSPS) is 13.8. The number of carbonyl (C=O) groups is 1. The molecule has 0 fully saturated rings. The van der Waals surface area contributed by atoms with Crippen molar-refractivity contribution < 1.29 is 14.3 Å². The minimum Gasteiger partial charge on any atom is -0.449 e. The molecule has 0 saturated carbocycles. The Hall–Kier alpha value is -1.84. The van der Waals surface area contributed by atoms with Crippen LogP contribution in [0.2, 0.25) is 0 Å². The number of nitrogens with one attached hydrogen (secondary N) is 2. The predicted octanol–water partition coefficient (Wildman–Crippen LogP) is 0.487. The highest BCUT2D eigenvalue weighted by Crippen LogP contribution is 2.06. The average molecular weight is 280 g/mol. The maximum Gasteiger partial charge on any atom is 0.338 e. The van der Waals surface area contributed by atoms with Gasteiger partial charge in [-0.25, -0.2) is 4.79 Å². The molecule has 0 amide bonds. The Balaban J connectivity index is 2.33. The fourth-order valence-corrected chi connectivity index (χ4v) is 1.53. The molecule has 0 aromatic rings. The third-order valence-corrected chi connectivity index (χ3v) is 2.48. The van der Waals surface area contributed by atoms with Crippen molar-refractivity contribution in [3.05, 3.63) is 23.9 Å². The number of esters is 1. The van der Waals surface area contributed by atoms with Crippen LogP contribution in [0.25, 0.3) is 0 Å².